The van der Waals surface area contributed by atoms with E-state index in [-0.39, 0.29) is 30.0 Å². The fourth-order valence-electron chi connectivity index (χ4n) is 3.37. The molecule has 1 atom stereocenters. The molecule has 0 aliphatic carbocycles. The highest BCUT2D eigenvalue weighted by molar-refractivity contribution is 5.98. The van der Waals surface area contributed by atoms with E-state index in [9.17, 15) is 14.4 Å². The highest BCUT2D eigenvalue weighted by atomic mass is 16.5. The largest absolute Gasteiger partial charge is 0.461 e. The van der Waals surface area contributed by atoms with Crippen LogP contribution < -0.4 is 5.32 Å². The Morgan fingerprint density at radius 2 is 2.07 bits per heavy atom. The van der Waals surface area contributed by atoms with Gasteiger partial charge in [0, 0.05) is 24.3 Å². The number of aromatic nitrogens is 2. The number of anilines is 1. The van der Waals surface area contributed by atoms with Gasteiger partial charge in [-0.2, -0.15) is 5.10 Å². The van der Waals surface area contributed by atoms with Crippen LogP contribution in [-0.4, -0.2) is 51.7 Å². The van der Waals surface area contributed by atoms with Crippen molar-refractivity contribution in [2.45, 2.75) is 39.7 Å². The number of ether oxygens (including phenoxy) is 1. The molecule has 0 bridgehead atoms. The molecule has 1 aromatic heterocycles. The molecule has 154 valence electrons. The number of benzene rings is 1. The first-order chi connectivity index (χ1) is 13.9. The predicted octanol–water partition coefficient (Wildman–Crippen LogP) is 2.63. The average molecular weight is 398 g/mol. The maximum atomic E-state index is 12.8. The third-order valence-corrected chi connectivity index (χ3v) is 4.78. The van der Waals surface area contributed by atoms with Crippen molar-refractivity contribution in [2.24, 2.45) is 5.92 Å². The minimum absolute atomic E-state index is 0.000522. The molecule has 0 spiro atoms. The van der Waals surface area contributed by atoms with Crippen LogP contribution in [0.4, 0.5) is 5.69 Å². The smallest absolute Gasteiger partial charge is 0.358 e. The number of nitrogens with one attached hydrogen (secondary N) is 1. The second kappa shape index (κ2) is 8.89. The number of amides is 2. The Labute approximate surface area is 169 Å². The van der Waals surface area contributed by atoms with Gasteiger partial charge in [-0.25, -0.2) is 9.48 Å². The molecule has 0 saturated carbocycles. The van der Waals surface area contributed by atoms with Crippen LogP contribution in [0.25, 0.3) is 5.69 Å². The quantitative estimate of drug-likeness (QED) is 0.755. The Morgan fingerprint density at radius 3 is 2.79 bits per heavy atom. The van der Waals surface area contributed by atoms with Gasteiger partial charge in [-0.1, -0.05) is 19.9 Å². The van der Waals surface area contributed by atoms with Crippen molar-refractivity contribution in [3.63, 3.8) is 0 Å². The fraction of sp³-hybridized carbons (Fsp3) is 0.429. The van der Waals surface area contributed by atoms with E-state index < -0.39 is 12.0 Å². The lowest BCUT2D eigenvalue weighted by Crippen LogP contribution is -2.44. The van der Waals surface area contributed by atoms with Crippen LogP contribution >= 0.6 is 0 Å². The van der Waals surface area contributed by atoms with E-state index in [1.807, 2.05) is 19.9 Å². The standard InChI is InChI=1S/C21H26N4O4/c1-4-29-21(28)17-10-12-25(23-17)16-8-5-7-15(13-16)22-19(26)18-9-6-11-24(18)20(27)14(2)3/h5,7-8,10,12-14,18H,4,6,9,11H2,1-3H3,(H,22,26)/t18-/m1/s1. The summed E-state index contributed by atoms with van der Waals surface area (Å²) in [7, 11) is 0. The number of carbonyl (C=O) groups is 3. The first-order valence-electron chi connectivity index (χ1n) is 9.85. The first-order valence-corrected chi connectivity index (χ1v) is 9.85. The lowest BCUT2D eigenvalue weighted by Gasteiger charge is -2.25. The third kappa shape index (κ3) is 4.64. The summed E-state index contributed by atoms with van der Waals surface area (Å²) in [6.45, 7) is 6.31. The van der Waals surface area contributed by atoms with Gasteiger partial charge >= 0.3 is 5.97 Å². The highest BCUT2D eigenvalue weighted by Crippen LogP contribution is 2.22. The summed E-state index contributed by atoms with van der Waals surface area (Å²) in [4.78, 5) is 38.6. The van der Waals surface area contributed by atoms with E-state index >= 15 is 0 Å². The van der Waals surface area contributed by atoms with E-state index in [0.717, 1.165) is 6.42 Å². The number of nitrogens with zero attached hydrogens (tertiary/aromatic N) is 3. The number of hydrogen-bond donors (Lipinski definition) is 1. The Morgan fingerprint density at radius 1 is 1.28 bits per heavy atom. The molecule has 0 unspecified atom stereocenters. The molecule has 2 aromatic rings. The molecule has 1 aliphatic heterocycles. The highest BCUT2D eigenvalue weighted by Gasteiger charge is 2.34. The summed E-state index contributed by atoms with van der Waals surface area (Å²) in [5, 5.41) is 7.13. The summed E-state index contributed by atoms with van der Waals surface area (Å²) < 4.78 is 6.50. The van der Waals surface area contributed by atoms with Gasteiger partial charge in [0.05, 0.1) is 12.3 Å². The lowest BCUT2D eigenvalue weighted by atomic mass is 10.1. The third-order valence-electron chi connectivity index (χ3n) is 4.78. The Hall–Kier alpha value is -3.16. The van der Waals surface area contributed by atoms with Gasteiger partial charge in [0.1, 0.15) is 6.04 Å². The molecule has 2 heterocycles. The zero-order chi connectivity index (χ0) is 21.0. The van der Waals surface area contributed by atoms with Crippen molar-refractivity contribution in [2.75, 3.05) is 18.5 Å². The van der Waals surface area contributed by atoms with Gasteiger partial charge in [-0.15, -0.1) is 0 Å². The molecule has 2 amide bonds. The van der Waals surface area contributed by atoms with Gasteiger partial charge < -0.3 is 15.0 Å². The van der Waals surface area contributed by atoms with Gasteiger partial charge in [-0.3, -0.25) is 9.59 Å². The molecular weight excluding hydrogens is 372 g/mol. The number of likely N-dealkylation sites (tertiary alicyclic amines) is 1. The first kappa shape index (κ1) is 20.6. The summed E-state index contributed by atoms with van der Waals surface area (Å²) in [6.07, 6.45) is 3.14. The van der Waals surface area contributed by atoms with Gasteiger partial charge in [0.25, 0.3) is 0 Å². The number of rotatable bonds is 6. The summed E-state index contributed by atoms with van der Waals surface area (Å²) in [5.41, 5.74) is 1.51. The van der Waals surface area contributed by atoms with Crippen molar-refractivity contribution in [3.05, 3.63) is 42.2 Å². The molecule has 1 saturated heterocycles. The second-order valence-electron chi connectivity index (χ2n) is 7.25. The normalized spacial score (nSPS) is 16.1. The van der Waals surface area contributed by atoms with Crippen LogP contribution in [0.15, 0.2) is 36.5 Å². The summed E-state index contributed by atoms with van der Waals surface area (Å²) >= 11 is 0. The number of esters is 1. The molecule has 8 nitrogen and oxygen atoms in total. The molecule has 1 aliphatic rings. The number of hydrogen-bond acceptors (Lipinski definition) is 5. The van der Waals surface area contributed by atoms with Crippen LogP contribution in [0.2, 0.25) is 0 Å². The van der Waals surface area contributed by atoms with E-state index in [1.165, 1.54) is 0 Å². The minimum atomic E-state index is -0.480. The van der Waals surface area contributed by atoms with E-state index in [1.54, 1.807) is 47.0 Å². The zero-order valence-corrected chi connectivity index (χ0v) is 16.9. The SMILES string of the molecule is CCOC(=O)c1ccn(-c2cccc(NC(=O)[C@H]3CCCN3C(=O)C(C)C)c2)n1. The monoisotopic (exact) mass is 398 g/mol. The topological polar surface area (TPSA) is 93.5 Å². The van der Waals surface area contributed by atoms with E-state index in [4.69, 9.17) is 4.74 Å². The molecule has 0 radical (unpaired) electrons. The van der Waals surface area contributed by atoms with Crippen molar-refractivity contribution < 1.29 is 19.1 Å². The van der Waals surface area contributed by atoms with Crippen molar-refractivity contribution in [3.8, 4) is 5.69 Å². The predicted molar refractivity (Wildman–Crippen MR) is 108 cm³/mol. The Kier molecular flexibility index (Phi) is 6.31. The molecule has 3 rings (SSSR count). The van der Waals surface area contributed by atoms with E-state index in [2.05, 4.69) is 10.4 Å². The average Bonchev–Trinajstić information content (AvgIpc) is 3.37. The van der Waals surface area contributed by atoms with E-state index in [0.29, 0.717) is 24.3 Å². The van der Waals surface area contributed by atoms with Gasteiger partial charge in [0.15, 0.2) is 5.69 Å². The van der Waals surface area contributed by atoms with Crippen molar-refractivity contribution >= 4 is 23.5 Å². The minimum Gasteiger partial charge on any atom is -0.461 e. The van der Waals surface area contributed by atoms with Crippen LogP contribution in [-0.2, 0) is 14.3 Å². The van der Waals surface area contributed by atoms with Crippen LogP contribution in [0.5, 0.6) is 0 Å². The Balaban J connectivity index is 1.72. The maximum Gasteiger partial charge on any atom is 0.358 e. The van der Waals surface area contributed by atoms with Crippen LogP contribution in [0.3, 0.4) is 0 Å². The lowest BCUT2D eigenvalue weighted by molar-refractivity contribution is -0.139. The zero-order valence-electron chi connectivity index (χ0n) is 16.9. The summed E-state index contributed by atoms with van der Waals surface area (Å²) in [5.74, 6) is -0.812. The molecule has 8 heteroatoms. The maximum absolute atomic E-state index is 12.8. The fourth-order valence-corrected chi connectivity index (χ4v) is 3.37. The van der Waals surface area contributed by atoms with Crippen molar-refractivity contribution in [1.82, 2.24) is 14.7 Å². The molecule has 29 heavy (non-hydrogen) atoms. The van der Waals surface area contributed by atoms with Gasteiger partial charge in [0.2, 0.25) is 11.8 Å². The molecule has 1 aromatic carbocycles. The van der Waals surface area contributed by atoms with Crippen LogP contribution in [0, 0.1) is 5.92 Å². The van der Waals surface area contributed by atoms with Crippen molar-refractivity contribution in [1.29, 1.82) is 0 Å². The number of carbonyl (C=O) groups excluding carboxylic acids is 3. The Bertz CT molecular complexity index is 906. The molecule has 1 N–H and O–H groups in total. The summed E-state index contributed by atoms with van der Waals surface area (Å²) in [6, 6.07) is 8.29. The van der Waals surface area contributed by atoms with Gasteiger partial charge in [-0.05, 0) is 44.0 Å². The van der Waals surface area contributed by atoms with Crippen LogP contribution in [0.1, 0.15) is 44.1 Å². The second-order valence-corrected chi connectivity index (χ2v) is 7.25. The molecular formula is C21H26N4O4. The molecule has 1 fully saturated rings.